The van der Waals surface area contributed by atoms with Crippen LogP contribution in [0, 0.1) is 0 Å². The molecule has 1 aliphatic heterocycles. The third-order valence-corrected chi connectivity index (χ3v) is 6.85. The van der Waals surface area contributed by atoms with E-state index in [9.17, 15) is 14.7 Å². The lowest BCUT2D eigenvalue weighted by molar-refractivity contribution is -0.150. The predicted molar refractivity (Wildman–Crippen MR) is 142 cm³/mol. The molecule has 8 heteroatoms. The molecule has 1 fully saturated rings. The van der Waals surface area contributed by atoms with Crippen molar-refractivity contribution in [3.63, 3.8) is 0 Å². The summed E-state index contributed by atoms with van der Waals surface area (Å²) in [5, 5.41) is 10.4. The fourth-order valence-corrected chi connectivity index (χ4v) is 4.58. The molecule has 0 spiro atoms. The molecular weight excluding hydrogens is 458 g/mol. The maximum Gasteiger partial charge on any atom is 0.351 e. The van der Waals surface area contributed by atoms with Crippen LogP contribution in [-0.2, 0) is 14.3 Å². The fraction of sp³-hybridized carbons (Fsp3) is 0.750. The molecule has 1 aromatic rings. The summed E-state index contributed by atoms with van der Waals surface area (Å²) in [4.78, 5) is 27.8. The lowest BCUT2D eigenvalue weighted by Gasteiger charge is -2.15. The number of aromatic nitrogens is 2. The summed E-state index contributed by atoms with van der Waals surface area (Å²) in [6, 6.07) is 1.47. The maximum atomic E-state index is 12.1. The van der Waals surface area contributed by atoms with E-state index in [-0.39, 0.29) is 18.4 Å². The van der Waals surface area contributed by atoms with Crippen LogP contribution < -0.4 is 11.4 Å². The molecule has 0 aliphatic carbocycles. The number of unbranched alkanes of at least 4 members (excludes halogenated alkanes) is 14. The van der Waals surface area contributed by atoms with Crippen molar-refractivity contribution in [1.82, 2.24) is 9.55 Å². The number of ether oxygens (including phenoxy) is 2. The highest BCUT2D eigenvalue weighted by Crippen LogP contribution is 2.32. The van der Waals surface area contributed by atoms with E-state index in [0.717, 1.165) is 19.3 Å². The molecule has 0 bridgehead atoms. The van der Waals surface area contributed by atoms with Crippen LogP contribution in [0.25, 0.3) is 0 Å². The largest absolute Gasteiger partial charge is 0.463 e. The predicted octanol–water partition coefficient (Wildman–Crippen LogP) is 5.44. The van der Waals surface area contributed by atoms with Gasteiger partial charge in [0.1, 0.15) is 24.6 Å². The number of anilines is 1. The van der Waals surface area contributed by atoms with Gasteiger partial charge < -0.3 is 20.3 Å². The Morgan fingerprint density at radius 1 is 1.03 bits per heavy atom. The Morgan fingerprint density at radius 2 is 1.56 bits per heavy atom. The van der Waals surface area contributed by atoms with E-state index in [4.69, 9.17) is 15.2 Å². The van der Waals surface area contributed by atoms with Crippen molar-refractivity contribution in [3.05, 3.63) is 34.9 Å². The van der Waals surface area contributed by atoms with Crippen LogP contribution in [-0.4, -0.2) is 39.4 Å². The Balaban J connectivity index is 1.47. The number of carbonyl (C=O) groups excluding carboxylic acids is 1. The molecule has 3 N–H and O–H groups in total. The highest BCUT2D eigenvalue weighted by molar-refractivity contribution is 5.69. The first kappa shape index (κ1) is 30.0. The fourth-order valence-electron chi connectivity index (χ4n) is 4.58. The number of nitrogens with zero attached hydrogens (tertiary/aromatic N) is 2. The van der Waals surface area contributed by atoms with Gasteiger partial charge in [0, 0.05) is 18.2 Å². The maximum absolute atomic E-state index is 12.1. The normalized spacial score (nSPS) is 19.6. The number of nitrogens with two attached hydrogens (primary N) is 1. The van der Waals surface area contributed by atoms with Gasteiger partial charge >= 0.3 is 11.7 Å². The van der Waals surface area contributed by atoms with Crippen molar-refractivity contribution in [2.24, 2.45) is 0 Å². The van der Waals surface area contributed by atoms with Crippen molar-refractivity contribution in [2.45, 2.75) is 128 Å². The SMILES string of the molecule is C=C1[C@H](n2ccc(N)nc2=O)O[C@H](COC(=O)CCCCCCCCCCCCCCCCC)[C@H]1O. The van der Waals surface area contributed by atoms with Gasteiger partial charge in [-0.2, -0.15) is 4.98 Å². The monoisotopic (exact) mass is 505 g/mol. The zero-order valence-corrected chi connectivity index (χ0v) is 22.2. The average Bonchev–Trinajstić information content (AvgIpc) is 3.13. The van der Waals surface area contributed by atoms with Crippen LogP contribution >= 0.6 is 0 Å². The number of esters is 1. The number of nitrogen functional groups attached to an aromatic ring is 1. The summed E-state index contributed by atoms with van der Waals surface area (Å²) < 4.78 is 12.2. The molecule has 0 amide bonds. The van der Waals surface area contributed by atoms with Gasteiger partial charge in [-0.05, 0) is 12.5 Å². The summed E-state index contributed by atoms with van der Waals surface area (Å²) in [6.45, 7) is 5.99. The van der Waals surface area contributed by atoms with Gasteiger partial charge in [-0.15, -0.1) is 0 Å². The third-order valence-electron chi connectivity index (χ3n) is 6.85. The summed E-state index contributed by atoms with van der Waals surface area (Å²) in [5.74, 6) is -0.203. The summed E-state index contributed by atoms with van der Waals surface area (Å²) >= 11 is 0. The Hall–Kier alpha value is -2.19. The van der Waals surface area contributed by atoms with E-state index >= 15 is 0 Å². The lowest BCUT2D eigenvalue weighted by Crippen LogP contribution is -2.29. The van der Waals surface area contributed by atoms with Crippen LogP contribution in [0.4, 0.5) is 5.82 Å². The molecule has 8 nitrogen and oxygen atoms in total. The van der Waals surface area contributed by atoms with Crippen molar-refractivity contribution in [2.75, 3.05) is 12.3 Å². The van der Waals surface area contributed by atoms with E-state index in [2.05, 4.69) is 18.5 Å². The van der Waals surface area contributed by atoms with Gasteiger partial charge in [0.15, 0.2) is 6.23 Å². The van der Waals surface area contributed by atoms with Crippen molar-refractivity contribution >= 4 is 11.8 Å². The standard InChI is InChI=1S/C28H47N3O5/c1-3-4-5-6-7-8-9-10-11-12-13-14-15-16-17-18-25(32)35-21-23-26(33)22(2)27(36-23)31-20-19-24(29)30-28(31)34/h19-20,23,26-27,33H,2-18,21H2,1H3,(H2,29,30,34)/t23-,26+,27-/m1/s1. The molecule has 1 aliphatic rings. The molecule has 2 rings (SSSR count). The Labute approximate surface area is 216 Å². The van der Waals surface area contributed by atoms with E-state index in [1.807, 2.05) is 0 Å². The van der Waals surface area contributed by atoms with Gasteiger partial charge in [0.25, 0.3) is 0 Å². The number of aliphatic hydroxyl groups excluding tert-OH is 1. The van der Waals surface area contributed by atoms with E-state index < -0.39 is 24.1 Å². The molecule has 0 unspecified atom stereocenters. The third kappa shape index (κ3) is 10.8. The minimum absolute atomic E-state index is 0.0919. The highest BCUT2D eigenvalue weighted by atomic mass is 16.6. The molecule has 204 valence electrons. The lowest BCUT2D eigenvalue weighted by atomic mass is 10.0. The molecule has 36 heavy (non-hydrogen) atoms. The zero-order chi connectivity index (χ0) is 26.2. The quantitative estimate of drug-likeness (QED) is 0.146. The Bertz CT molecular complexity index is 841. The van der Waals surface area contributed by atoms with Gasteiger partial charge in [-0.3, -0.25) is 9.36 Å². The minimum atomic E-state index is -1.04. The van der Waals surface area contributed by atoms with Crippen LogP contribution in [0.3, 0.4) is 0 Å². The second-order valence-electron chi connectivity index (χ2n) is 9.97. The second kappa shape index (κ2) is 17.3. The van der Waals surface area contributed by atoms with Crippen molar-refractivity contribution in [3.8, 4) is 0 Å². The number of aliphatic hydroxyl groups is 1. The van der Waals surface area contributed by atoms with Crippen LogP contribution in [0.15, 0.2) is 29.2 Å². The zero-order valence-electron chi connectivity index (χ0n) is 22.2. The summed E-state index contributed by atoms with van der Waals surface area (Å²) in [6.07, 6.45) is 18.2. The number of hydrogen-bond acceptors (Lipinski definition) is 7. The van der Waals surface area contributed by atoms with Gasteiger partial charge in [-0.1, -0.05) is 103 Å². The number of rotatable bonds is 19. The molecule has 1 aromatic heterocycles. The highest BCUT2D eigenvalue weighted by Gasteiger charge is 2.39. The van der Waals surface area contributed by atoms with E-state index in [1.54, 1.807) is 0 Å². The Morgan fingerprint density at radius 3 is 2.08 bits per heavy atom. The van der Waals surface area contributed by atoms with Gasteiger partial charge in [-0.25, -0.2) is 4.79 Å². The van der Waals surface area contributed by atoms with Crippen molar-refractivity contribution < 1.29 is 19.4 Å². The van der Waals surface area contributed by atoms with E-state index in [1.165, 1.54) is 93.9 Å². The van der Waals surface area contributed by atoms with Crippen LogP contribution in [0.2, 0.25) is 0 Å². The smallest absolute Gasteiger partial charge is 0.351 e. The molecule has 0 radical (unpaired) electrons. The van der Waals surface area contributed by atoms with Gasteiger partial charge in [0.05, 0.1) is 0 Å². The number of carbonyl (C=O) groups is 1. The molecule has 2 heterocycles. The molecule has 0 aromatic carbocycles. The second-order valence-corrected chi connectivity index (χ2v) is 9.97. The molecule has 0 saturated carbocycles. The van der Waals surface area contributed by atoms with E-state index in [0.29, 0.717) is 12.0 Å². The average molecular weight is 506 g/mol. The number of hydrogen-bond donors (Lipinski definition) is 2. The summed E-state index contributed by atoms with van der Waals surface area (Å²) in [5.41, 5.74) is 5.23. The van der Waals surface area contributed by atoms with Crippen LogP contribution in [0.1, 0.15) is 116 Å². The minimum Gasteiger partial charge on any atom is -0.463 e. The summed E-state index contributed by atoms with van der Waals surface area (Å²) in [7, 11) is 0. The molecular formula is C28H47N3O5. The molecule has 1 saturated heterocycles. The van der Waals surface area contributed by atoms with Gasteiger partial charge in [0.2, 0.25) is 0 Å². The first-order valence-corrected chi connectivity index (χ1v) is 14.0. The molecule has 3 atom stereocenters. The first-order chi connectivity index (χ1) is 17.4. The first-order valence-electron chi connectivity index (χ1n) is 14.0. The topological polar surface area (TPSA) is 117 Å². The Kier molecular flexibility index (Phi) is 14.4. The van der Waals surface area contributed by atoms with Crippen molar-refractivity contribution in [1.29, 1.82) is 0 Å². The van der Waals surface area contributed by atoms with Crippen LogP contribution in [0.5, 0.6) is 0 Å².